The lowest BCUT2D eigenvalue weighted by atomic mass is 10.1. The molecular formula is C18H22ClN3O2S. The van der Waals surface area contributed by atoms with E-state index in [0.29, 0.717) is 24.5 Å². The van der Waals surface area contributed by atoms with Crippen LogP contribution in [0.4, 0.5) is 5.69 Å². The molecule has 0 spiro atoms. The van der Waals surface area contributed by atoms with Crippen LogP contribution in [0.1, 0.15) is 11.1 Å². The van der Waals surface area contributed by atoms with Crippen molar-refractivity contribution in [1.29, 1.82) is 0 Å². The van der Waals surface area contributed by atoms with Crippen molar-refractivity contribution < 1.29 is 8.42 Å². The number of hydrogen-bond donors (Lipinski definition) is 1. The minimum atomic E-state index is -3.56. The average Bonchev–Trinajstić information content (AvgIpc) is 2.75. The number of nitrogens with zero attached hydrogens (tertiary/aromatic N) is 2. The van der Waals surface area contributed by atoms with Crippen molar-refractivity contribution in [3.63, 3.8) is 0 Å². The van der Waals surface area contributed by atoms with Gasteiger partial charge in [0.1, 0.15) is 0 Å². The topological polar surface area (TPSA) is 52.7 Å². The molecule has 2 aromatic rings. The third-order valence-electron chi connectivity index (χ3n) is 4.40. The highest BCUT2D eigenvalue weighted by molar-refractivity contribution is 7.86. The minimum absolute atomic E-state index is 0.194. The lowest BCUT2D eigenvalue weighted by molar-refractivity contribution is 0.304. The Labute approximate surface area is 154 Å². The van der Waals surface area contributed by atoms with Crippen molar-refractivity contribution in [2.75, 3.05) is 26.0 Å². The van der Waals surface area contributed by atoms with E-state index in [9.17, 15) is 8.42 Å². The predicted molar refractivity (Wildman–Crippen MR) is 102 cm³/mol. The SMILES string of the molecule is CN(C)S(=O)(=O)N1Cc2cc(Cl)ccc2NC[C@H]1Cc1ccccc1. The molecule has 134 valence electrons. The van der Waals surface area contributed by atoms with Crippen LogP contribution in [-0.2, 0) is 23.2 Å². The second kappa shape index (κ2) is 7.33. The van der Waals surface area contributed by atoms with Gasteiger partial charge in [0.25, 0.3) is 10.2 Å². The van der Waals surface area contributed by atoms with Gasteiger partial charge in [-0.3, -0.25) is 0 Å². The van der Waals surface area contributed by atoms with Gasteiger partial charge in [0.15, 0.2) is 0 Å². The molecule has 0 saturated carbocycles. The van der Waals surface area contributed by atoms with E-state index in [1.54, 1.807) is 18.4 Å². The van der Waals surface area contributed by atoms with Gasteiger partial charge in [-0.15, -0.1) is 0 Å². The summed E-state index contributed by atoms with van der Waals surface area (Å²) in [7, 11) is -0.441. The molecule has 0 aliphatic carbocycles. The number of anilines is 1. The molecule has 3 rings (SSSR count). The van der Waals surface area contributed by atoms with Crippen molar-refractivity contribution in [1.82, 2.24) is 8.61 Å². The monoisotopic (exact) mass is 379 g/mol. The van der Waals surface area contributed by atoms with Gasteiger partial charge in [-0.1, -0.05) is 41.9 Å². The second-order valence-corrected chi connectivity index (χ2v) is 8.89. The summed E-state index contributed by atoms with van der Waals surface area (Å²) in [5.41, 5.74) is 2.92. The lowest BCUT2D eigenvalue weighted by Gasteiger charge is -2.31. The van der Waals surface area contributed by atoms with E-state index in [2.05, 4.69) is 5.32 Å². The van der Waals surface area contributed by atoms with Crippen LogP contribution in [0.2, 0.25) is 5.02 Å². The Hall–Kier alpha value is -1.60. The van der Waals surface area contributed by atoms with Crippen LogP contribution >= 0.6 is 11.6 Å². The first-order chi connectivity index (χ1) is 11.9. The smallest absolute Gasteiger partial charge is 0.282 e. The van der Waals surface area contributed by atoms with E-state index in [0.717, 1.165) is 16.8 Å². The molecule has 1 N–H and O–H groups in total. The van der Waals surface area contributed by atoms with Gasteiger partial charge >= 0.3 is 0 Å². The molecule has 1 aliphatic heterocycles. The molecule has 0 radical (unpaired) electrons. The molecule has 0 aromatic heterocycles. The summed E-state index contributed by atoms with van der Waals surface area (Å²) in [5, 5.41) is 3.98. The second-order valence-electron chi connectivity index (χ2n) is 6.36. The number of halogens is 1. The largest absolute Gasteiger partial charge is 0.383 e. The molecule has 1 aliphatic rings. The molecule has 0 fully saturated rings. The van der Waals surface area contributed by atoms with E-state index in [-0.39, 0.29) is 6.04 Å². The first-order valence-electron chi connectivity index (χ1n) is 8.13. The van der Waals surface area contributed by atoms with Crippen molar-refractivity contribution in [3.05, 3.63) is 64.7 Å². The zero-order chi connectivity index (χ0) is 18.0. The van der Waals surface area contributed by atoms with E-state index in [1.807, 2.05) is 48.5 Å². The number of nitrogens with one attached hydrogen (secondary N) is 1. The highest BCUT2D eigenvalue weighted by atomic mass is 35.5. The molecule has 1 atom stereocenters. The van der Waals surface area contributed by atoms with Gasteiger partial charge in [-0.25, -0.2) is 0 Å². The maximum absolute atomic E-state index is 12.9. The fraction of sp³-hybridized carbons (Fsp3) is 0.333. The Morgan fingerprint density at radius 2 is 1.92 bits per heavy atom. The van der Waals surface area contributed by atoms with Crippen molar-refractivity contribution in [2.24, 2.45) is 0 Å². The zero-order valence-corrected chi connectivity index (χ0v) is 15.9. The van der Waals surface area contributed by atoms with Crippen LogP contribution in [0.3, 0.4) is 0 Å². The quantitative estimate of drug-likeness (QED) is 0.888. The Morgan fingerprint density at radius 3 is 2.60 bits per heavy atom. The van der Waals surface area contributed by atoms with Crippen LogP contribution in [-0.4, -0.2) is 43.7 Å². The summed E-state index contributed by atoms with van der Waals surface area (Å²) < 4.78 is 28.7. The first kappa shape index (κ1) is 18.2. The Morgan fingerprint density at radius 1 is 1.20 bits per heavy atom. The molecule has 2 aromatic carbocycles. The van der Waals surface area contributed by atoms with Crippen LogP contribution < -0.4 is 5.32 Å². The van der Waals surface area contributed by atoms with Gasteiger partial charge in [0.05, 0.1) is 0 Å². The fourth-order valence-electron chi connectivity index (χ4n) is 3.03. The number of benzene rings is 2. The molecule has 25 heavy (non-hydrogen) atoms. The van der Waals surface area contributed by atoms with Crippen molar-refractivity contribution >= 4 is 27.5 Å². The number of fused-ring (bicyclic) bond motifs is 1. The predicted octanol–water partition coefficient (Wildman–Crippen LogP) is 2.99. The van der Waals surface area contributed by atoms with Gasteiger partial charge in [0, 0.05) is 43.9 Å². The maximum Gasteiger partial charge on any atom is 0.282 e. The Balaban J connectivity index is 1.98. The minimum Gasteiger partial charge on any atom is -0.383 e. The molecule has 0 amide bonds. The normalized spacial score (nSPS) is 18.5. The third-order valence-corrected chi connectivity index (χ3v) is 6.58. The summed E-state index contributed by atoms with van der Waals surface area (Å²) in [4.78, 5) is 0. The molecule has 0 unspecified atom stereocenters. The zero-order valence-electron chi connectivity index (χ0n) is 14.3. The van der Waals surface area contributed by atoms with Crippen LogP contribution in [0.25, 0.3) is 0 Å². The van der Waals surface area contributed by atoms with E-state index < -0.39 is 10.2 Å². The van der Waals surface area contributed by atoms with Crippen molar-refractivity contribution in [3.8, 4) is 0 Å². The fourth-order valence-corrected chi connectivity index (χ4v) is 4.47. The molecule has 1 heterocycles. The van der Waals surface area contributed by atoms with Crippen molar-refractivity contribution in [2.45, 2.75) is 19.0 Å². The van der Waals surface area contributed by atoms with Gasteiger partial charge in [-0.05, 0) is 35.7 Å². The average molecular weight is 380 g/mol. The number of hydrogen-bond acceptors (Lipinski definition) is 3. The molecule has 5 nitrogen and oxygen atoms in total. The highest BCUT2D eigenvalue weighted by Gasteiger charge is 2.34. The first-order valence-corrected chi connectivity index (χ1v) is 9.91. The summed E-state index contributed by atoms with van der Waals surface area (Å²) in [5.74, 6) is 0. The van der Waals surface area contributed by atoms with Gasteiger partial charge in [0.2, 0.25) is 0 Å². The lowest BCUT2D eigenvalue weighted by Crippen LogP contribution is -2.48. The molecule has 7 heteroatoms. The number of rotatable bonds is 4. The Bertz CT molecular complexity index is 841. The maximum atomic E-state index is 12.9. The summed E-state index contributed by atoms with van der Waals surface area (Å²) in [6.45, 7) is 0.831. The highest BCUT2D eigenvalue weighted by Crippen LogP contribution is 2.29. The summed E-state index contributed by atoms with van der Waals surface area (Å²) in [6, 6.07) is 15.3. The summed E-state index contributed by atoms with van der Waals surface area (Å²) in [6.07, 6.45) is 0.641. The Kier molecular flexibility index (Phi) is 5.34. The van der Waals surface area contributed by atoms with E-state index in [4.69, 9.17) is 11.6 Å². The van der Waals surface area contributed by atoms with Crippen LogP contribution in [0, 0.1) is 0 Å². The van der Waals surface area contributed by atoms with Crippen LogP contribution in [0.15, 0.2) is 48.5 Å². The third kappa shape index (κ3) is 3.98. The molecule has 0 bridgehead atoms. The van der Waals surface area contributed by atoms with Crippen LogP contribution in [0.5, 0.6) is 0 Å². The standard InChI is InChI=1S/C18H22ClN3O2S/c1-21(2)25(23,24)22-13-15-11-16(19)8-9-18(15)20-12-17(22)10-14-6-4-3-5-7-14/h3-9,11,17,20H,10,12-13H2,1-2H3/t17-/m1/s1. The molecule has 0 saturated heterocycles. The van der Waals surface area contributed by atoms with Gasteiger partial charge < -0.3 is 5.32 Å². The van der Waals surface area contributed by atoms with E-state index in [1.165, 1.54) is 4.31 Å². The summed E-state index contributed by atoms with van der Waals surface area (Å²) >= 11 is 6.11. The van der Waals surface area contributed by atoms with Gasteiger partial charge in [-0.2, -0.15) is 17.0 Å². The molecular weight excluding hydrogens is 358 g/mol. The van der Waals surface area contributed by atoms with E-state index >= 15 is 0 Å².